The highest BCUT2D eigenvalue weighted by molar-refractivity contribution is 7.98. The number of aryl methyl sites for hydroxylation is 1. The first-order valence-electron chi connectivity index (χ1n) is 11.9. The Balaban J connectivity index is 1.50. The third-order valence-electron chi connectivity index (χ3n) is 6.95. The molecule has 1 atom stereocenters. The summed E-state index contributed by atoms with van der Waals surface area (Å²) < 4.78 is 5.80. The zero-order chi connectivity index (χ0) is 26.4. The van der Waals surface area contributed by atoms with Crippen molar-refractivity contribution in [1.82, 2.24) is 10.2 Å². The Morgan fingerprint density at radius 2 is 1.87 bits per heavy atom. The maximum Gasteiger partial charge on any atom is 0.248 e. The van der Waals surface area contributed by atoms with Crippen LogP contribution in [0.3, 0.4) is 0 Å². The van der Waals surface area contributed by atoms with Gasteiger partial charge in [-0.3, -0.25) is 9.89 Å². The van der Waals surface area contributed by atoms with Crippen LogP contribution in [0.4, 0.5) is 5.69 Å². The van der Waals surface area contributed by atoms with Gasteiger partial charge in [0.1, 0.15) is 17.1 Å². The molecule has 0 bridgehead atoms. The molecule has 2 aliphatic heterocycles. The number of nitrogens with zero attached hydrogens (tertiary/aromatic N) is 3. The molecule has 1 amide bonds. The zero-order valence-electron chi connectivity index (χ0n) is 20.4. The molecule has 9 heteroatoms. The van der Waals surface area contributed by atoms with E-state index < -0.39 is 5.41 Å². The second-order valence-corrected chi connectivity index (χ2v) is 10.7. The fourth-order valence-corrected chi connectivity index (χ4v) is 6.16. The maximum absolute atomic E-state index is 14.6. The topological polar surface area (TPSA) is 108 Å². The molecule has 0 radical (unpaired) electrons. The van der Waals surface area contributed by atoms with Gasteiger partial charge in [-0.25, -0.2) is 0 Å². The number of carbonyl (C=O) groups is 1. The summed E-state index contributed by atoms with van der Waals surface area (Å²) in [6.07, 6.45) is 0. The molecule has 2 aliphatic rings. The monoisotopic (exact) mass is 539 g/mol. The van der Waals surface area contributed by atoms with Crippen LogP contribution in [-0.4, -0.2) is 16.1 Å². The summed E-state index contributed by atoms with van der Waals surface area (Å²) in [7, 11) is 0. The predicted octanol–water partition coefficient (Wildman–Crippen LogP) is 5.58. The van der Waals surface area contributed by atoms with Gasteiger partial charge >= 0.3 is 0 Å². The maximum atomic E-state index is 14.6. The van der Waals surface area contributed by atoms with Gasteiger partial charge in [-0.05, 0) is 42.8 Å². The number of nitriles is 1. The molecular weight excluding hydrogens is 518 g/mol. The molecule has 0 saturated heterocycles. The Morgan fingerprint density at radius 1 is 1.13 bits per heavy atom. The second kappa shape index (κ2) is 9.28. The number of anilines is 1. The Bertz CT molecular complexity index is 1640. The number of nitrogens with two attached hydrogens (primary N) is 1. The first kappa shape index (κ1) is 24.2. The largest absolute Gasteiger partial charge is 0.420 e. The lowest BCUT2D eigenvalue weighted by Crippen LogP contribution is -2.46. The van der Waals surface area contributed by atoms with Crippen LogP contribution in [0.2, 0.25) is 5.02 Å². The number of benzene rings is 3. The average Bonchev–Trinajstić information content (AvgIpc) is 3.43. The molecule has 0 saturated carbocycles. The molecule has 1 aromatic heterocycles. The fraction of sp³-hybridized carbons (Fsp3) is 0.138. The summed E-state index contributed by atoms with van der Waals surface area (Å²) in [6, 6.07) is 25.3. The normalized spacial score (nSPS) is 17.8. The summed E-state index contributed by atoms with van der Waals surface area (Å²) >= 11 is 7.69. The summed E-state index contributed by atoms with van der Waals surface area (Å²) in [5.41, 5.74) is 9.53. The van der Waals surface area contributed by atoms with Crippen molar-refractivity contribution in [2.75, 3.05) is 4.90 Å². The van der Waals surface area contributed by atoms with Gasteiger partial charge in [0.15, 0.2) is 0 Å². The lowest BCUT2D eigenvalue weighted by molar-refractivity contribution is -0.121. The zero-order valence-corrected chi connectivity index (χ0v) is 21.9. The van der Waals surface area contributed by atoms with Crippen LogP contribution in [0.5, 0.6) is 5.88 Å². The van der Waals surface area contributed by atoms with Crippen LogP contribution < -0.4 is 15.4 Å². The van der Waals surface area contributed by atoms with E-state index in [1.807, 2.05) is 43.3 Å². The second-order valence-electron chi connectivity index (χ2n) is 9.22. The number of fused-ring (bicyclic) bond motifs is 4. The van der Waals surface area contributed by atoms with E-state index in [0.29, 0.717) is 39.8 Å². The van der Waals surface area contributed by atoms with Crippen molar-refractivity contribution in [3.05, 3.63) is 117 Å². The lowest BCUT2D eigenvalue weighted by Gasteiger charge is -2.32. The van der Waals surface area contributed by atoms with Crippen LogP contribution in [-0.2, 0) is 22.5 Å². The number of aromatic nitrogens is 2. The van der Waals surface area contributed by atoms with E-state index in [9.17, 15) is 10.1 Å². The molecule has 3 aromatic carbocycles. The van der Waals surface area contributed by atoms with Gasteiger partial charge in [0, 0.05) is 26.9 Å². The standard InChI is InChI=1S/C29H22ClN5O2S/c1-17-6-12-20(13-7-17)38-16-23-25-27(34-33-23)37-26(32)22(14-31)29(25)21-4-2-3-5-24(21)35(28(29)36)15-18-8-10-19(30)11-9-18/h2-13H,15-16,32H2,1H3,(H,33,34). The molecule has 188 valence electrons. The van der Waals surface area contributed by atoms with Crippen molar-refractivity contribution < 1.29 is 9.53 Å². The van der Waals surface area contributed by atoms with Gasteiger partial charge < -0.3 is 15.4 Å². The number of para-hydroxylation sites is 1. The van der Waals surface area contributed by atoms with Gasteiger partial charge in [0.05, 0.1) is 17.8 Å². The highest BCUT2D eigenvalue weighted by Crippen LogP contribution is 2.56. The van der Waals surface area contributed by atoms with E-state index in [1.54, 1.807) is 28.8 Å². The Kier molecular flexibility index (Phi) is 5.90. The van der Waals surface area contributed by atoms with Crippen molar-refractivity contribution in [2.45, 2.75) is 29.5 Å². The fourth-order valence-electron chi connectivity index (χ4n) is 5.18. The molecule has 4 aromatic rings. The van der Waals surface area contributed by atoms with Gasteiger partial charge in [0.25, 0.3) is 0 Å². The number of thioether (sulfide) groups is 1. The molecule has 7 nitrogen and oxygen atoms in total. The van der Waals surface area contributed by atoms with E-state index in [1.165, 1.54) is 5.56 Å². The van der Waals surface area contributed by atoms with E-state index >= 15 is 0 Å². The van der Waals surface area contributed by atoms with Gasteiger partial charge in [-0.15, -0.1) is 16.9 Å². The molecule has 3 heterocycles. The smallest absolute Gasteiger partial charge is 0.248 e. The lowest BCUT2D eigenvalue weighted by atomic mass is 9.69. The highest BCUT2D eigenvalue weighted by Gasteiger charge is 2.60. The predicted molar refractivity (Wildman–Crippen MR) is 147 cm³/mol. The number of nitrogens with one attached hydrogen (secondary N) is 1. The molecular formula is C29H22ClN5O2S. The Morgan fingerprint density at radius 3 is 2.61 bits per heavy atom. The van der Waals surface area contributed by atoms with E-state index in [4.69, 9.17) is 22.1 Å². The molecule has 38 heavy (non-hydrogen) atoms. The summed E-state index contributed by atoms with van der Waals surface area (Å²) in [5.74, 6) is 0.292. The van der Waals surface area contributed by atoms with Crippen LogP contribution in [0.1, 0.15) is 27.9 Å². The minimum atomic E-state index is -1.48. The number of hydrogen-bond acceptors (Lipinski definition) is 6. The van der Waals surface area contributed by atoms with Gasteiger partial charge in [0.2, 0.25) is 17.7 Å². The molecule has 1 spiro atoms. The number of aromatic amines is 1. The summed E-state index contributed by atoms with van der Waals surface area (Å²) in [5, 5.41) is 18.4. The van der Waals surface area contributed by atoms with Crippen molar-refractivity contribution in [3.63, 3.8) is 0 Å². The number of amides is 1. The average molecular weight is 540 g/mol. The molecule has 1 unspecified atom stereocenters. The Hall–Kier alpha value is -4.19. The third kappa shape index (κ3) is 3.66. The van der Waals surface area contributed by atoms with E-state index in [-0.39, 0.29) is 23.2 Å². The number of hydrogen-bond donors (Lipinski definition) is 2. The van der Waals surface area contributed by atoms with Crippen LogP contribution in [0.25, 0.3) is 0 Å². The van der Waals surface area contributed by atoms with Crippen molar-refractivity contribution in [3.8, 4) is 11.9 Å². The third-order valence-corrected chi connectivity index (χ3v) is 8.24. The molecule has 3 N–H and O–H groups in total. The minimum Gasteiger partial charge on any atom is -0.420 e. The SMILES string of the molecule is Cc1ccc(SCc2[nH]nc3c2C2(C(=O)N(Cc4ccc(Cl)cc4)c4ccccc42)C(C#N)=C(N)O3)cc1. The molecule has 6 rings (SSSR count). The van der Waals surface area contributed by atoms with Crippen molar-refractivity contribution in [1.29, 1.82) is 5.26 Å². The van der Waals surface area contributed by atoms with Crippen molar-refractivity contribution >= 4 is 35.0 Å². The summed E-state index contributed by atoms with van der Waals surface area (Å²) in [4.78, 5) is 17.4. The Labute approximate surface area is 228 Å². The van der Waals surface area contributed by atoms with Crippen LogP contribution >= 0.6 is 23.4 Å². The highest BCUT2D eigenvalue weighted by atomic mass is 35.5. The van der Waals surface area contributed by atoms with Crippen LogP contribution in [0, 0.1) is 18.3 Å². The quantitative estimate of drug-likeness (QED) is 0.320. The van der Waals surface area contributed by atoms with Crippen LogP contribution in [0.15, 0.2) is 89.1 Å². The minimum absolute atomic E-state index is 0.0593. The van der Waals surface area contributed by atoms with E-state index in [2.05, 4.69) is 40.5 Å². The number of H-pyrrole nitrogens is 1. The number of ether oxygens (including phenoxy) is 1. The van der Waals surface area contributed by atoms with Gasteiger partial charge in [-0.1, -0.05) is 59.6 Å². The summed E-state index contributed by atoms with van der Waals surface area (Å²) in [6.45, 7) is 2.34. The first-order chi connectivity index (χ1) is 18.4. The molecule has 0 aliphatic carbocycles. The molecule has 0 fully saturated rings. The number of halogens is 1. The number of carbonyl (C=O) groups excluding carboxylic acids is 1. The first-order valence-corrected chi connectivity index (χ1v) is 13.3. The van der Waals surface area contributed by atoms with Gasteiger partial charge in [-0.2, -0.15) is 5.26 Å². The van der Waals surface area contributed by atoms with E-state index in [0.717, 1.165) is 10.5 Å². The van der Waals surface area contributed by atoms with Crippen molar-refractivity contribution in [2.24, 2.45) is 5.73 Å². The number of rotatable bonds is 5.